The van der Waals surface area contributed by atoms with Crippen molar-refractivity contribution >= 4 is 12.2 Å². The van der Waals surface area contributed by atoms with E-state index in [0.29, 0.717) is 6.29 Å². The van der Waals surface area contributed by atoms with Crippen LogP contribution in [0.5, 0.6) is 11.8 Å². The molecule has 6 nitrogen and oxygen atoms in total. The lowest BCUT2D eigenvalue weighted by Crippen LogP contribution is -2.27. The SMILES string of the molecule is CC(C)(C)Oc1nc(N)nc(OC(C)(C)C)c1C=O. The Balaban J connectivity index is 3.28. The number of hydrogen-bond acceptors (Lipinski definition) is 6. The van der Waals surface area contributed by atoms with Gasteiger partial charge in [-0.05, 0) is 41.5 Å². The van der Waals surface area contributed by atoms with Gasteiger partial charge in [-0.3, -0.25) is 4.79 Å². The van der Waals surface area contributed by atoms with Crippen molar-refractivity contribution in [3.8, 4) is 11.8 Å². The Hall–Kier alpha value is -1.85. The minimum atomic E-state index is -0.502. The van der Waals surface area contributed by atoms with Crippen LogP contribution in [0.3, 0.4) is 0 Å². The first-order chi connectivity index (χ1) is 8.52. The Bertz CT molecular complexity index is 436. The van der Waals surface area contributed by atoms with E-state index in [4.69, 9.17) is 15.2 Å². The second-order valence-corrected chi connectivity index (χ2v) is 6.15. The number of aldehydes is 1. The number of carbonyl (C=O) groups is 1. The zero-order chi connectivity index (χ0) is 14.8. The van der Waals surface area contributed by atoms with Crippen molar-refractivity contribution in [2.45, 2.75) is 52.7 Å². The number of aromatic nitrogens is 2. The first-order valence-corrected chi connectivity index (χ1v) is 6.02. The highest BCUT2D eigenvalue weighted by atomic mass is 16.5. The maximum absolute atomic E-state index is 11.3. The van der Waals surface area contributed by atoms with Gasteiger partial charge in [-0.1, -0.05) is 0 Å². The van der Waals surface area contributed by atoms with Crippen molar-refractivity contribution in [3.05, 3.63) is 5.56 Å². The van der Waals surface area contributed by atoms with Crippen LogP contribution in [0, 0.1) is 0 Å². The molecule has 0 saturated heterocycles. The highest BCUT2D eigenvalue weighted by Crippen LogP contribution is 2.29. The molecule has 1 rings (SSSR count). The van der Waals surface area contributed by atoms with Gasteiger partial charge in [-0.25, -0.2) is 0 Å². The Morgan fingerprint density at radius 1 is 0.947 bits per heavy atom. The summed E-state index contributed by atoms with van der Waals surface area (Å²) >= 11 is 0. The van der Waals surface area contributed by atoms with Crippen LogP contribution in [0.15, 0.2) is 0 Å². The summed E-state index contributed by atoms with van der Waals surface area (Å²) in [5.41, 5.74) is 4.78. The molecular formula is C13H21N3O3. The minimum Gasteiger partial charge on any atom is -0.471 e. The smallest absolute Gasteiger partial charge is 0.233 e. The maximum Gasteiger partial charge on any atom is 0.233 e. The molecule has 0 aliphatic rings. The number of nitrogen functional groups attached to an aromatic ring is 1. The lowest BCUT2D eigenvalue weighted by Gasteiger charge is -2.24. The third-order valence-corrected chi connectivity index (χ3v) is 1.82. The standard InChI is InChI=1S/C13H21N3O3/c1-12(2,3)18-9-8(7-17)10(16-11(14)15-9)19-13(4,5)6/h7H,1-6H3,(H2,14,15,16). The first-order valence-electron chi connectivity index (χ1n) is 6.02. The van der Waals surface area contributed by atoms with Gasteiger partial charge in [-0.2, -0.15) is 9.97 Å². The molecule has 6 heteroatoms. The molecule has 106 valence electrons. The van der Waals surface area contributed by atoms with Crippen LogP contribution in [0.2, 0.25) is 0 Å². The second kappa shape index (κ2) is 5.03. The van der Waals surface area contributed by atoms with E-state index in [-0.39, 0.29) is 23.3 Å². The summed E-state index contributed by atoms with van der Waals surface area (Å²) in [4.78, 5) is 19.2. The van der Waals surface area contributed by atoms with Gasteiger partial charge in [0.25, 0.3) is 0 Å². The monoisotopic (exact) mass is 267 g/mol. The predicted molar refractivity (Wildman–Crippen MR) is 72.6 cm³/mol. The first kappa shape index (κ1) is 15.2. The molecule has 0 unspecified atom stereocenters. The molecule has 1 aromatic heterocycles. The zero-order valence-corrected chi connectivity index (χ0v) is 12.3. The number of nitrogens with zero attached hydrogens (tertiary/aromatic N) is 2. The van der Waals surface area contributed by atoms with Crippen LogP contribution in [0.25, 0.3) is 0 Å². The summed E-state index contributed by atoms with van der Waals surface area (Å²) in [5, 5.41) is 0. The fraction of sp³-hybridized carbons (Fsp3) is 0.615. The average Bonchev–Trinajstić information content (AvgIpc) is 2.11. The molecule has 0 aliphatic carbocycles. The van der Waals surface area contributed by atoms with Crippen LogP contribution in [-0.2, 0) is 0 Å². The Kier molecular flexibility index (Phi) is 4.03. The fourth-order valence-electron chi connectivity index (χ4n) is 1.28. The lowest BCUT2D eigenvalue weighted by molar-refractivity contribution is 0.101. The Morgan fingerprint density at radius 3 is 1.58 bits per heavy atom. The molecule has 1 aromatic rings. The lowest BCUT2D eigenvalue weighted by atomic mass is 10.2. The van der Waals surface area contributed by atoms with Gasteiger partial charge in [0, 0.05) is 0 Å². The summed E-state index contributed by atoms with van der Waals surface area (Å²) in [5.74, 6) is 0.271. The fourth-order valence-corrected chi connectivity index (χ4v) is 1.28. The highest BCUT2D eigenvalue weighted by molar-refractivity contribution is 5.82. The molecule has 0 radical (unpaired) electrons. The molecule has 0 aromatic carbocycles. The van der Waals surface area contributed by atoms with Crippen molar-refractivity contribution in [1.82, 2.24) is 9.97 Å². The van der Waals surface area contributed by atoms with Crippen molar-refractivity contribution in [3.63, 3.8) is 0 Å². The van der Waals surface area contributed by atoms with E-state index in [1.807, 2.05) is 41.5 Å². The van der Waals surface area contributed by atoms with E-state index in [1.165, 1.54) is 0 Å². The average molecular weight is 267 g/mol. The van der Waals surface area contributed by atoms with E-state index in [0.717, 1.165) is 0 Å². The summed E-state index contributed by atoms with van der Waals surface area (Å²) in [6, 6.07) is 0. The Labute approximate surface area is 113 Å². The molecule has 2 N–H and O–H groups in total. The van der Waals surface area contributed by atoms with Crippen molar-refractivity contribution in [1.29, 1.82) is 0 Å². The topological polar surface area (TPSA) is 87.3 Å². The third-order valence-electron chi connectivity index (χ3n) is 1.82. The van der Waals surface area contributed by atoms with Gasteiger partial charge in [0.05, 0.1) is 0 Å². The number of nitrogens with two attached hydrogens (primary N) is 1. The summed E-state index contributed by atoms with van der Waals surface area (Å²) in [6.07, 6.45) is 0.613. The van der Waals surface area contributed by atoms with Crippen LogP contribution in [-0.4, -0.2) is 27.5 Å². The number of rotatable bonds is 3. The Morgan fingerprint density at radius 2 is 1.32 bits per heavy atom. The van der Waals surface area contributed by atoms with Crippen molar-refractivity contribution < 1.29 is 14.3 Å². The molecule has 0 spiro atoms. The van der Waals surface area contributed by atoms with E-state index in [9.17, 15) is 4.79 Å². The molecular weight excluding hydrogens is 246 g/mol. The molecule has 0 aliphatic heterocycles. The van der Waals surface area contributed by atoms with E-state index < -0.39 is 11.2 Å². The quantitative estimate of drug-likeness (QED) is 0.845. The van der Waals surface area contributed by atoms with Gasteiger partial charge in [0.2, 0.25) is 17.7 Å². The molecule has 0 bridgehead atoms. The maximum atomic E-state index is 11.3. The summed E-state index contributed by atoms with van der Waals surface area (Å²) < 4.78 is 11.2. The molecule has 0 amide bonds. The van der Waals surface area contributed by atoms with E-state index in [1.54, 1.807) is 0 Å². The number of hydrogen-bond donors (Lipinski definition) is 1. The molecule has 19 heavy (non-hydrogen) atoms. The third kappa shape index (κ3) is 4.73. The van der Waals surface area contributed by atoms with E-state index in [2.05, 4.69) is 9.97 Å². The highest BCUT2D eigenvalue weighted by Gasteiger charge is 2.24. The van der Waals surface area contributed by atoms with Gasteiger partial charge >= 0.3 is 0 Å². The van der Waals surface area contributed by atoms with Crippen LogP contribution >= 0.6 is 0 Å². The largest absolute Gasteiger partial charge is 0.471 e. The van der Waals surface area contributed by atoms with Gasteiger partial charge < -0.3 is 15.2 Å². The number of anilines is 1. The van der Waals surface area contributed by atoms with Crippen molar-refractivity contribution in [2.24, 2.45) is 0 Å². The minimum absolute atomic E-state index is 0.00380. The van der Waals surface area contributed by atoms with Gasteiger partial charge in [0.1, 0.15) is 16.8 Å². The van der Waals surface area contributed by atoms with E-state index >= 15 is 0 Å². The van der Waals surface area contributed by atoms with Crippen LogP contribution < -0.4 is 15.2 Å². The van der Waals surface area contributed by atoms with Crippen molar-refractivity contribution in [2.75, 3.05) is 5.73 Å². The molecule has 0 saturated carbocycles. The molecule has 0 atom stereocenters. The summed E-state index contributed by atoms with van der Waals surface area (Å²) in [7, 11) is 0. The predicted octanol–water partition coefficient (Wildman–Crippen LogP) is 2.23. The summed E-state index contributed by atoms with van der Waals surface area (Å²) in [6.45, 7) is 11.1. The van der Waals surface area contributed by atoms with Crippen LogP contribution in [0.1, 0.15) is 51.9 Å². The normalized spacial score (nSPS) is 12.1. The van der Waals surface area contributed by atoms with Crippen LogP contribution in [0.4, 0.5) is 5.95 Å². The van der Waals surface area contributed by atoms with Gasteiger partial charge in [-0.15, -0.1) is 0 Å². The van der Waals surface area contributed by atoms with Gasteiger partial charge in [0.15, 0.2) is 6.29 Å². The zero-order valence-electron chi connectivity index (χ0n) is 12.3. The second-order valence-electron chi connectivity index (χ2n) is 6.15. The molecule has 0 fully saturated rings. The molecule has 1 heterocycles. The number of carbonyl (C=O) groups excluding carboxylic acids is 1. The number of ether oxygens (including phenoxy) is 2.